The third-order valence-electron chi connectivity index (χ3n) is 5.40. The van der Waals surface area contributed by atoms with E-state index in [1.807, 2.05) is 11.8 Å². The molecule has 1 aromatic heterocycles. The van der Waals surface area contributed by atoms with Crippen LogP contribution in [-0.4, -0.2) is 41.7 Å². The summed E-state index contributed by atoms with van der Waals surface area (Å²) in [6, 6.07) is 1.82. The third-order valence-corrected chi connectivity index (χ3v) is 6.45. The molecule has 4 rings (SSSR count). The normalized spacial score (nSPS) is 19.6. The van der Waals surface area contributed by atoms with Crippen molar-refractivity contribution in [2.24, 2.45) is 0 Å². The SMILES string of the molecule is COc1nc2c(c(N3CCCSCC3)n1)COC(c1c(C(F)(F)F)ccc(N)c1F)C2. The fourth-order valence-corrected chi connectivity index (χ4v) is 4.78. The van der Waals surface area contributed by atoms with Crippen LogP contribution < -0.4 is 15.4 Å². The summed E-state index contributed by atoms with van der Waals surface area (Å²) in [6.07, 6.45) is -4.99. The second-order valence-corrected chi connectivity index (χ2v) is 8.57. The van der Waals surface area contributed by atoms with Gasteiger partial charge in [0.25, 0.3) is 0 Å². The smallest absolute Gasteiger partial charge is 0.416 e. The maximum atomic E-state index is 14.7. The molecule has 0 amide bonds. The molecule has 2 aromatic rings. The number of anilines is 2. The Kier molecular flexibility index (Phi) is 6.16. The minimum absolute atomic E-state index is 0.0332. The number of methoxy groups -OCH3 is 1. The fraction of sp³-hybridized carbons (Fsp3) is 0.500. The molecule has 11 heteroatoms. The van der Waals surface area contributed by atoms with Gasteiger partial charge in [0.1, 0.15) is 5.82 Å². The molecule has 2 aliphatic heterocycles. The number of benzene rings is 1. The van der Waals surface area contributed by atoms with E-state index in [1.165, 1.54) is 7.11 Å². The summed E-state index contributed by atoms with van der Waals surface area (Å²) < 4.78 is 66.4. The molecule has 168 valence electrons. The predicted molar refractivity (Wildman–Crippen MR) is 110 cm³/mol. The highest BCUT2D eigenvalue weighted by Crippen LogP contribution is 2.42. The van der Waals surface area contributed by atoms with Crippen LogP contribution in [0.15, 0.2) is 12.1 Å². The summed E-state index contributed by atoms with van der Waals surface area (Å²) in [5, 5.41) is 0. The molecule has 0 radical (unpaired) electrons. The minimum atomic E-state index is -4.74. The van der Waals surface area contributed by atoms with Crippen molar-refractivity contribution in [1.29, 1.82) is 0 Å². The number of nitrogens with zero attached hydrogens (tertiary/aromatic N) is 3. The molecule has 2 aliphatic rings. The molecular formula is C20H22F4N4O2S. The van der Waals surface area contributed by atoms with Crippen LogP contribution in [0.2, 0.25) is 0 Å². The van der Waals surface area contributed by atoms with Crippen molar-refractivity contribution >= 4 is 23.3 Å². The lowest BCUT2D eigenvalue weighted by Crippen LogP contribution is -2.30. The van der Waals surface area contributed by atoms with Gasteiger partial charge in [0.05, 0.1) is 36.8 Å². The summed E-state index contributed by atoms with van der Waals surface area (Å²) in [5.41, 5.74) is 4.70. The molecule has 2 N–H and O–H groups in total. The zero-order valence-electron chi connectivity index (χ0n) is 16.8. The van der Waals surface area contributed by atoms with E-state index < -0.39 is 29.2 Å². The van der Waals surface area contributed by atoms with Gasteiger partial charge in [0, 0.05) is 36.4 Å². The van der Waals surface area contributed by atoms with Gasteiger partial charge in [-0.1, -0.05) is 0 Å². The van der Waals surface area contributed by atoms with Crippen LogP contribution in [0.1, 0.15) is 34.9 Å². The van der Waals surface area contributed by atoms with E-state index in [0.717, 1.165) is 43.1 Å². The van der Waals surface area contributed by atoms with E-state index in [0.29, 0.717) is 17.1 Å². The molecule has 0 spiro atoms. The summed E-state index contributed by atoms with van der Waals surface area (Å²) >= 11 is 1.86. The number of rotatable bonds is 3. The highest BCUT2D eigenvalue weighted by atomic mass is 32.2. The number of halogens is 4. The Morgan fingerprint density at radius 1 is 1.23 bits per heavy atom. The average molecular weight is 458 g/mol. The lowest BCUT2D eigenvalue weighted by Gasteiger charge is -2.31. The molecule has 6 nitrogen and oxygen atoms in total. The lowest BCUT2D eigenvalue weighted by molar-refractivity contribution is -0.140. The Bertz CT molecular complexity index is 965. The van der Waals surface area contributed by atoms with Crippen molar-refractivity contribution < 1.29 is 27.0 Å². The number of nitrogen functional groups attached to an aromatic ring is 1. The molecule has 0 bridgehead atoms. The van der Waals surface area contributed by atoms with E-state index >= 15 is 0 Å². The molecule has 31 heavy (non-hydrogen) atoms. The van der Waals surface area contributed by atoms with Gasteiger partial charge in [0.2, 0.25) is 0 Å². The van der Waals surface area contributed by atoms with E-state index in [4.69, 9.17) is 15.2 Å². The first-order valence-corrected chi connectivity index (χ1v) is 11.0. The summed E-state index contributed by atoms with van der Waals surface area (Å²) in [7, 11) is 1.43. The highest BCUT2D eigenvalue weighted by molar-refractivity contribution is 7.99. The molecule has 1 unspecified atom stereocenters. The summed E-state index contributed by atoms with van der Waals surface area (Å²) in [5.74, 6) is 1.53. The second kappa shape index (κ2) is 8.70. The number of hydrogen-bond acceptors (Lipinski definition) is 7. The molecular weight excluding hydrogens is 436 g/mol. The van der Waals surface area contributed by atoms with Crippen molar-refractivity contribution in [1.82, 2.24) is 9.97 Å². The number of ether oxygens (including phenoxy) is 2. The van der Waals surface area contributed by atoms with Crippen molar-refractivity contribution in [3.63, 3.8) is 0 Å². The first-order chi connectivity index (χ1) is 14.8. The van der Waals surface area contributed by atoms with Crippen molar-refractivity contribution in [2.45, 2.75) is 31.7 Å². The van der Waals surface area contributed by atoms with Crippen LogP contribution in [0.25, 0.3) is 0 Å². The van der Waals surface area contributed by atoms with Crippen LogP contribution in [0, 0.1) is 5.82 Å². The summed E-state index contributed by atoms with van der Waals surface area (Å²) in [6.45, 7) is 1.54. The maximum Gasteiger partial charge on any atom is 0.416 e. The highest BCUT2D eigenvalue weighted by Gasteiger charge is 2.40. The molecule has 1 fully saturated rings. The molecule has 0 saturated carbocycles. The van der Waals surface area contributed by atoms with Gasteiger partial charge in [-0.25, -0.2) is 4.39 Å². The Labute approximate surface area is 181 Å². The van der Waals surface area contributed by atoms with Crippen molar-refractivity contribution in [2.75, 3.05) is 42.3 Å². The Morgan fingerprint density at radius 2 is 2.03 bits per heavy atom. The van der Waals surface area contributed by atoms with Gasteiger partial charge in [-0.3, -0.25) is 0 Å². The second-order valence-electron chi connectivity index (χ2n) is 7.34. The first kappa shape index (κ1) is 21.9. The molecule has 1 saturated heterocycles. The average Bonchev–Trinajstić information content (AvgIpc) is 3.03. The first-order valence-electron chi connectivity index (χ1n) is 9.82. The Balaban J connectivity index is 1.75. The van der Waals surface area contributed by atoms with Gasteiger partial charge < -0.3 is 20.1 Å². The third kappa shape index (κ3) is 4.38. The van der Waals surface area contributed by atoms with Crippen LogP contribution in [0.5, 0.6) is 6.01 Å². The van der Waals surface area contributed by atoms with Crippen LogP contribution in [-0.2, 0) is 23.9 Å². The van der Waals surface area contributed by atoms with E-state index in [2.05, 4.69) is 14.9 Å². The van der Waals surface area contributed by atoms with Gasteiger partial charge >= 0.3 is 12.2 Å². The molecule has 0 aliphatic carbocycles. The van der Waals surface area contributed by atoms with Crippen molar-refractivity contribution in [3.05, 3.63) is 40.3 Å². The van der Waals surface area contributed by atoms with Crippen LogP contribution in [0.4, 0.5) is 29.1 Å². The number of thioether (sulfide) groups is 1. The van der Waals surface area contributed by atoms with Crippen LogP contribution >= 0.6 is 11.8 Å². The predicted octanol–water partition coefficient (Wildman–Crippen LogP) is 3.98. The van der Waals surface area contributed by atoms with Gasteiger partial charge in [-0.2, -0.15) is 34.9 Å². The topological polar surface area (TPSA) is 73.5 Å². The Morgan fingerprint density at radius 3 is 2.77 bits per heavy atom. The van der Waals surface area contributed by atoms with E-state index in [1.54, 1.807) is 0 Å². The van der Waals surface area contributed by atoms with E-state index in [-0.39, 0.29) is 24.7 Å². The van der Waals surface area contributed by atoms with Gasteiger partial charge in [0.15, 0.2) is 5.82 Å². The molecule has 1 atom stereocenters. The lowest BCUT2D eigenvalue weighted by atomic mass is 9.94. The van der Waals surface area contributed by atoms with Crippen molar-refractivity contribution in [3.8, 4) is 6.01 Å². The number of nitrogens with two attached hydrogens (primary N) is 1. The minimum Gasteiger partial charge on any atom is -0.467 e. The van der Waals surface area contributed by atoms with Crippen LogP contribution in [0.3, 0.4) is 0 Å². The van der Waals surface area contributed by atoms with Gasteiger partial charge in [-0.15, -0.1) is 0 Å². The number of hydrogen-bond donors (Lipinski definition) is 1. The maximum absolute atomic E-state index is 14.7. The zero-order valence-corrected chi connectivity index (χ0v) is 17.7. The fourth-order valence-electron chi connectivity index (χ4n) is 3.90. The molecule has 3 heterocycles. The number of fused-ring (bicyclic) bond motifs is 1. The largest absolute Gasteiger partial charge is 0.467 e. The monoisotopic (exact) mass is 458 g/mol. The van der Waals surface area contributed by atoms with Gasteiger partial charge in [-0.05, 0) is 24.3 Å². The number of aromatic nitrogens is 2. The van der Waals surface area contributed by atoms with E-state index in [9.17, 15) is 17.6 Å². The summed E-state index contributed by atoms with van der Waals surface area (Å²) in [4.78, 5) is 11.0. The zero-order chi connectivity index (χ0) is 22.2. The quantitative estimate of drug-likeness (QED) is 0.551. The standard InChI is InChI=1S/C20H22F4N4O2S/c1-29-19-26-14-9-15(16-12(20(22,23)24)3-4-13(25)17(16)21)30-10-11(14)18(27-19)28-5-2-7-31-8-6-28/h3-4,15H,2,5-10,25H2,1H3. The molecule has 1 aromatic carbocycles. The Hall–Kier alpha value is -2.27. The number of alkyl halides is 3.